The standard InChI is InChI=1S/C17H19BrN2O/c1-12-7-14(10-19-16-5-6-16)9-17(20-12)21-11-13-3-2-4-15(18)8-13/h2-4,7-9,16,19H,5-6,10-11H2,1H3. The van der Waals surface area contributed by atoms with Gasteiger partial charge in [0.25, 0.3) is 0 Å². The molecule has 0 bridgehead atoms. The number of hydrogen-bond acceptors (Lipinski definition) is 3. The Bertz CT molecular complexity index is 626. The quantitative estimate of drug-likeness (QED) is 0.858. The van der Waals surface area contributed by atoms with Crippen LogP contribution in [0.5, 0.6) is 5.88 Å². The average Bonchev–Trinajstić information content (AvgIpc) is 3.27. The van der Waals surface area contributed by atoms with Gasteiger partial charge in [0.2, 0.25) is 5.88 Å². The predicted molar refractivity (Wildman–Crippen MR) is 87.3 cm³/mol. The molecule has 3 nitrogen and oxygen atoms in total. The van der Waals surface area contributed by atoms with E-state index >= 15 is 0 Å². The molecule has 21 heavy (non-hydrogen) atoms. The molecule has 0 spiro atoms. The fourth-order valence-corrected chi connectivity index (χ4v) is 2.66. The minimum absolute atomic E-state index is 0.533. The third-order valence-corrected chi connectivity index (χ3v) is 3.93. The molecule has 1 fully saturated rings. The molecule has 0 unspecified atom stereocenters. The lowest BCUT2D eigenvalue weighted by atomic mass is 10.2. The van der Waals surface area contributed by atoms with Gasteiger partial charge >= 0.3 is 0 Å². The van der Waals surface area contributed by atoms with E-state index < -0.39 is 0 Å². The molecule has 2 aromatic rings. The number of pyridine rings is 1. The van der Waals surface area contributed by atoms with Crippen LogP contribution in [0.2, 0.25) is 0 Å². The van der Waals surface area contributed by atoms with Gasteiger partial charge in [-0.3, -0.25) is 0 Å². The van der Waals surface area contributed by atoms with Crippen LogP contribution in [0.1, 0.15) is 29.7 Å². The summed E-state index contributed by atoms with van der Waals surface area (Å²) in [4.78, 5) is 4.45. The lowest BCUT2D eigenvalue weighted by molar-refractivity contribution is 0.293. The molecular weight excluding hydrogens is 328 g/mol. The Kier molecular flexibility index (Phi) is 4.56. The molecular formula is C17H19BrN2O. The summed E-state index contributed by atoms with van der Waals surface area (Å²) in [6.07, 6.45) is 2.60. The topological polar surface area (TPSA) is 34.1 Å². The van der Waals surface area contributed by atoms with Crippen LogP contribution in [0.3, 0.4) is 0 Å². The lowest BCUT2D eigenvalue weighted by Gasteiger charge is -2.10. The molecule has 0 amide bonds. The number of aryl methyl sites for hydroxylation is 1. The number of nitrogens with one attached hydrogen (secondary N) is 1. The van der Waals surface area contributed by atoms with Crippen molar-refractivity contribution in [1.82, 2.24) is 10.3 Å². The molecule has 1 aliphatic rings. The summed E-state index contributed by atoms with van der Waals surface area (Å²) in [5.74, 6) is 0.697. The van der Waals surface area contributed by atoms with Crippen LogP contribution in [-0.2, 0) is 13.2 Å². The molecule has 0 aliphatic heterocycles. The van der Waals surface area contributed by atoms with E-state index in [9.17, 15) is 0 Å². The molecule has 110 valence electrons. The largest absolute Gasteiger partial charge is 0.473 e. The van der Waals surface area contributed by atoms with Gasteiger partial charge in [0.15, 0.2) is 0 Å². The molecule has 3 rings (SSSR count). The van der Waals surface area contributed by atoms with E-state index in [0.717, 1.165) is 22.3 Å². The molecule has 1 aromatic carbocycles. The molecule has 0 atom stereocenters. The maximum atomic E-state index is 5.83. The molecule has 0 radical (unpaired) electrons. The van der Waals surface area contributed by atoms with Gasteiger partial charge in [-0.25, -0.2) is 4.98 Å². The van der Waals surface area contributed by atoms with Crippen molar-refractivity contribution in [2.45, 2.75) is 39.0 Å². The summed E-state index contributed by atoms with van der Waals surface area (Å²) in [6.45, 7) is 3.43. The zero-order chi connectivity index (χ0) is 14.7. The summed E-state index contributed by atoms with van der Waals surface area (Å²) in [7, 11) is 0. The number of ether oxygens (including phenoxy) is 1. The predicted octanol–water partition coefficient (Wildman–Crippen LogP) is 3.98. The van der Waals surface area contributed by atoms with Crippen molar-refractivity contribution in [2.75, 3.05) is 0 Å². The van der Waals surface area contributed by atoms with E-state index in [4.69, 9.17) is 4.74 Å². The van der Waals surface area contributed by atoms with Crippen molar-refractivity contribution in [1.29, 1.82) is 0 Å². The van der Waals surface area contributed by atoms with Crippen molar-refractivity contribution in [2.24, 2.45) is 0 Å². The smallest absolute Gasteiger partial charge is 0.214 e. The summed E-state index contributed by atoms with van der Waals surface area (Å²) >= 11 is 3.47. The van der Waals surface area contributed by atoms with Gasteiger partial charge in [-0.05, 0) is 49.1 Å². The maximum absolute atomic E-state index is 5.83. The van der Waals surface area contributed by atoms with Crippen LogP contribution in [0, 0.1) is 6.92 Å². The highest BCUT2D eigenvalue weighted by Gasteiger charge is 2.20. The summed E-state index contributed by atoms with van der Waals surface area (Å²) in [5, 5.41) is 3.52. The van der Waals surface area contributed by atoms with E-state index in [-0.39, 0.29) is 0 Å². The summed E-state index contributed by atoms with van der Waals surface area (Å²) in [6, 6.07) is 13.0. The number of halogens is 1. The molecule has 1 heterocycles. The number of benzene rings is 1. The first-order valence-electron chi connectivity index (χ1n) is 7.27. The van der Waals surface area contributed by atoms with Crippen LogP contribution in [0.4, 0.5) is 0 Å². The van der Waals surface area contributed by atoms with Gasteiger partial charge < -0.3 is 10.1 Å². The van der Waals surface area contributed by atoms with E-state index in [1.54, 1.807) is 0 Å². The van der Waals surface area contributed by atoms with Gasteiger partial charge in [0.1, 0.15) is 6.61 Å². The van der Waals surface area contributed by atoms with Gasteiger partial charge in [-0.1, -0.05) is 28.1 Å². The molecule has 1 saturated carbocycles. The van der Waals surface area contributed by atoms with Crippen LogP contribution >= 0.6 is 15.9 Å². The van der Waals surface area contributed by atoms with E-state index in [0.29, 0.717) is 18.5 Å². The number of rotatable bonds is 6. The first kappa shape index (κ1) is 14.5. The van der Waals surface area contributed by atoms with Crippen LogP contribution in [0.15, 0.2) is 40.9 Å². The molecule has 1 N–H and O–H groups in total. The second kappa shape index (κ2) is 6.58. The summed E-state index contributed by atoms with van der Waals surface area (Å²) in [5.41, 5.74) is 3.36. The average molecular weight is 347 g/mol. The third-order valence-electron chi connectivity index (χ3n) is 3.44. The SMILES string of the molecule is Cc1cc(CNC2CC2)cc(OCc2cccc(Br)c2)n1. The van der Waals surface area contributed by atoms with Crippen molar-refractivity contribution in [3.8, 4) is 5.88 Å². The Morgan fingerprint density at radius 2 is 2.10 bits per heavy atom. The number of hydrogen-bond donors (Lipinski definition) is 1. The number of aromatic nitrogens is 1. The normalized spacial score (nSPS) is 14.2. The first-order valence-corrected chi connectivity index (χ1v) is 8.06. The van der Waals surface area contributed by atoms with Crippen molar-refractivity contribution < 1.29 is 4.74 Å². The summed E-state index contributed by atoms with van der Waals surface area (Å²) < 4.78 is 6.90. The maximum Gasteiger partial charge on any atom is 0.214 e. The van der Waals surface area contributed by atoms with E-state index in [1.165, 1.54) is 18.4 Å². The number of nitrogens with zero attached hydrogens (tertiary/aromatic N) is 1. The van der Waals surface area contributed by atoms with Crippen LogP contribution in [-0.4, -0.2) is 11.0 Å². The first-order chi connectivity index (χ1) is 10.2. The zero-order valence-electron chi connectivity index (χ0n) is 12.1. The van der Waals surface area contributed by atoms with E-state index in [1.807, 2.05) is 25.1 Å². The van der Waals surface area contributed by atoms with Gasteiger partial charge in [0.05, 0.1) is 0 Å². The molecule has 4 heteroatoms. The van der Waals surface area contributed by atoms with Crippen LogP contribution in [0.25, 0.3) is 0 Å². The van der Waals surface area contributed by atoms with E-state index in [2.05, 4.69) is 44.4 Å². The fraction of sp³-hybridized carbons (Fsp3) is 0.353. The molecule has 0 saturated heterocycles. The molecule has 1 aromatic heterocycles. The second-order valence-electron chi connectivity index (χ2n) is 5.53. The highest BCUT2D eigenvalue weighted by molar-refractivity contribution is 9.10. The zero-order valence-corrected chi connectivity index (χ0v) is 13.7. The third kappa shape index (κ3) is 4.55. The van der Waals surface area contributed by atoms with Gasteiger partial charge in [0, 0.05) is 28.8 Å². The minimum atomic E-state index is 0.533. The van der Waals surface area contributed by atoms with Crippen LogP contribution < -0.4 is 10.1 Å². The van der Waals surface area contributed by atoms with Gasteiger partial charge in [-0.2, -0.15) is 0 Å². The Morgan fingerprint density at radius 3 is 2.86 bits per heavy atom. The second-order valence-corrected chi connectivity index (χ2v) is 6.44. The Balaban J connectivity index is 1.63. The molecule has 1 aliphatic carbocycles. The van der Waals surface area contributed by atoms with Crippen molar-refractivity contribution in [3.63, 3.8) is 0 Å². The highest BCUT2D eigenvalue weighted by Crippen LogP contribution is 2.20. The van der Waals surface area contributed by atoms with Gasteiger partial charge in [-0.15, -0.1) is 0 Å². The van der Waals surface area contributed by atoms with Crippen molar-refractivity contribution >= 4 is 15.9 Å². The Morgan fingerprint density at radius 1 is 1.24 bits per heavy atom. The monoisotopic (exact) mass is 346 g/mol. The highest BCUT2D eigenvalue weighted by atomic mass is 79.9. The Labute approximate surface area is 133 Å². The minimum Gasteiger partial charge on any atom is -0.473 e. The fourth-order valence-electron chi connectivity index (χ4n) is 2.22. The van der Waals surface area contributed by atoms with Crippen molar-refractivity contribution in [3.05, 3.63) is 57.7 Å². The lowest BCUT2D eigenvalue weighted by Crippen LogP contribution is -2.15. The Hall–Kier alpha value is -1.39.